The Morgan fingerprint density at radius 3 is 1.78 bits per heavy atom. The van der Waals surface area contributed by atoms with Gasteiger partial charge in [-0.1, -0.05) is 67.5 Å². The van der Waals surface area contributed by atoms with E-state index >= 15 is 0 Å². The minimum Gasteiger partial charge on any atom is -0.414 e. The Bertz CT molecular complexity index is 789. The zero-order valence-corrected chi connectivity index (χ0v) is 24.2. The number of aryl methyl sites for hydroxylation is 3. The van der Waals surface area contributed by atoms with Crippen LogP contribution in [0.5, 0.6) is 0 Å². The van der Waals surface area contributed by atoms with Gasteiger partial charge >= 0.3 is 17.1 Å². The van der Waals surface area contributed by atoms with Gasteiger partial charge in [0.05, 0.1) is 18.8 Å². The molecule has 0 unspecified atom stereocenters. The topological polar surface area (TPSA) is 36.9 Å². The quantitative estimate of drug-likeness (QED) is 0.413. The average molecular weight is 479 g/mol. The van der Waals surface area contributed by atoms with Crippen LogP contribution < -0.4 is 0 Å². The molecule has 2 fully saturated rings. The fourth-order valence-corrected chi connectivity index (χ4v) is 16.9. The second-order valence-electron chi connectivity index (χ2n) is 11.3. The van der Waals surface area contributed by atoms with Gasteiger partial charge in [0.25, 0.3) is 0 Å². The molecule has 0 aliphatic carbocycles. The van der Waals surface area contributed by atoms with Crippen molar-refractivity contribution in [2.75, 3.05) is 6.61 Å². The van der Waals surface area contributed by atoms with Crippen LogP contribution in [-0.4, -0.2) is 35.9 Å². The number of benzene rings is 1. The van der Waals surface area contributed by atoms with Gasteiger partial charge in [0.2, 0.25) is 0 Å². The molecule has 2 heterocycles. The molecule has 4 nitrogen and oxygen atoms in total. The molecule has 2 saturated heterocycles. The van der Waals surface area contributed by atoms with Crippen molar-refractivity contribution in [2.45, 2.75) is 123 Å². The number of hydrogen-bond acceptors (Lipinski definition) is 4. The van der Waals surface area contributed by atoms with Crippen LogP contribution in [0.4, 0.5) is 0 Å². The Balaban J connectivity index is 2.02. The lowest BCUT2D eigenvalue weighted by Gasteiger charge is -2.51. The molecule has 3 atom stereocenters. The molecule has 6 heteroatoms. The molecule has 2 aliphatic heterocycles. The maximum Gasteiger partial charge on any atom is 0.335 e. The molecule has 1 aromatic carbocycles. The van der Waals surface area contributed by atoms with E-state index in [0.717, 1.165) is 6.42 Å². The van der Waals surface area contributed by atoms with Gasteiger partial charge in [0.1, 0.15) is 6.10 Å². The second-order valence-corrected chi connectivity index (χ2v) is 20.2. The van der Waals surface area contributed by atoms with Gasteiger partial charge in [0, 0.05) is 6.42 Å². The summed E-state index contributed by atoms with van der Waals surface area (Å²) in [4.78, 5) is 0. The number of rotatable bonds is 5. The summed E-state index contributed by atoms with van der Waals surface area (Å²) < 4.78 is 28.0. The first-order valence-electron chi connectivity index (χ1n) is 12.6. The standard InChI is InChI=1S/C26H46O4Si2/c1-16(2)31(17(3)4)27-15-26-25(29-32(30-31,18(5)6)19(7)8)14-24(28-26)23-13-21(10)20(9)12-22(23)11/h12-13,16-19,24-26H,14-15H2,1-11H3/t24-,25-,26+/m1/s1. The predicted molar refractivity (Wildman–Crippen MR) is 137 cm³/mol. The molecule has 0 saturated carbocycles. The lowest BCUT2D eigenvalue weighted by molar-refractivity contribution is -0.0387. The molecule has 182 valence electrons. The Hall–Kier alpha value is -0.506. The highest BCUT2D eigenvalue weighted by Gasteiger charge is 2.60. The summed E-state index contributed by atoms with van der Waals surface area (Å²) in [6.45, 7) is 25.3. The first-order valence-corrected chi connectivity index (χ1v) is 16.5. The number of fused-ring (bicyclic) bond motifs is 1. The van der Waals surface area contributed by atoms with Crippen molar-refractivity contribution in [3.63, 3.8) is 0 Å². The van der Waals surface area contributed by atoms with Crippen molar-refractivity contribution in [2.24, 2.45) is 0 Å². The first kappa shape index (κ1) is 26.1. The summed E-state index contributed by atoms with van der Waals surface area (Å²) in [6.07, 6.45) is 0.890. The molecule has 0 bridgehead atoms. The molecule has 2 aliphatic rings. The van der Waals surface area contributed by atoms with Crippen LogP contribution >= 0.6 is 0 Å². The third kappa shape index (κ3) is 4.56. The Morgan fingerprint density at radius 1 is 0.719 bits per heavy atom. The maximum absolute atomic E-state index is 7.30. The molecule has 0 radical (unpaired) electrons. The van der Waals surface area contributed by atoms with Gasteiger partial charge in [-0.25, -0.2) is 0 Å². The van der Waals surface area contributed by atoms with Crippen LogP contribution in [0.3, 0.4) is 0 Å². The monoisotopic (exact) mass is 478 g/mol. The SMILES string of the molecule is Cc1cc(C)c([C@H]2C[C@H]3O[Si](C(C)C)(C(C)C)O[Si](C(C)C)(C(C)C)OC[C@@H]3O2)cc1C. The van der Waals surface area contributed by atoms with E-state index in [1.165, 1.54) is 22.3 Å². The van der Waals surface area contributed by atoms with Gasteiger partial charge in [0.15, 0.2) is 0 Å². The summed E-state index contributed by atoms with van der Waals surface area (Å²) in [5, 5.41) is 0. The number of hydrogen-bond donors (Lipinski definition) is 0. The smallest absolute Gasteiger partial charge is 0.335 e. The average Bonchev–Trinajstić information content (AvgIpc) is 3.05. The third-order valence-corrected chi connectivity index (χ3v) is 18.1. The van der Waals surface area contributed by atoms with Gasteiger partial charge in [-0.2, -0.15) is 0 Å². The van der Waals surface area contributed by atoms with Gasteiger partial charge in [-0.3, -0.25) is 0 Å². The predicted octanol–water partition coefficient (Wildman–Crippen LogP) is 7.40. The summed E-state index contributed by atoms with van der Waals surface area (Å²) in [7, 11) is -5.09. The van der Waals surface area contributed by atoms with Crippen molar-refractivity contribution < 1.29 is 17.7 Å². The van der Waals surface area contributed by atoms with Gasteiger partial charge in [-0.05, 0) is 65.2 Å². The zero-order chi connectivity index (χ0) is 24.0. The summed E-state index contributed by atoms with van der Waals surface area (Å²) in [5.74, 6) is 0. The molecule has 0 aromatic heterocycles. The number of ether oxygens (including phenoxy) is 1. The zero-order valence-electron chi connectivity index (χ0n) is 22.2. The van der Waals surface area contributed by atoms with E-state index in [9.17, 15) is 0 Å². The molecule has 3 rings (SSSR count). The van der Waals surface area contributed by atoms with Crippen LogP contribution in [0.1, 0.15) is 90.2 Å². The van der Waals surface area contributed by atoms with E-state index in [2.05, 4.69) is 88.3 Å². The summed E-state index contributed by atoms with van der Waals surface area (Å²) >= 11 is 0. The van der Waals surface area contributed by atoms with E-state index in [4.69, 9.17) is 17.7 Å². The Kier molecular flexibility index (Phi) is 7.85. The van der Waals surface area contributed by atoms with Crippen molar-refractivity contribution in [1.29, 1.82) is 0 Å². The maximum atomic E-state index is 7.30. The van der Waals surface area contributed by atoms with Gasteiger partial charge < -0.3 is 17.7 Å². The van der Waals surface area contributed by atoms with E-state index < -0.39 is 17.1 Å². The lowest BCUT2D eigenvalue weighted by atomic mass is 9.95. The van der Waals surface area contributed by atoms with Crippen LogP contribution in [0.2, 0.25) is 22.2 Å². The molecule has 32 heavy (non-hydrogen) atoms. The lowest BCUT2D eigenvalue weighted by Crippen LogP contribution is -2.65. The Labute approximate surface area is 198 Å². The van der Waals surface area contributed by atoms with Gasteiger partial charge in [-0.15, -0.1) is 0 Å². The highest BCUT2D eigenvalue weighted by atomic mass is 28.5. The van der Waals surface area contributed by atoms with Crippen molar-refractivity contribution in [1.82, 2.24) is 0 Å². The highest BCUT2D eigenvalue weighted by molar-refractivity contribution is 6.83. The van der Waals surface area contributed by atoms with Crippen LogP contribution in [-0.2, 0) is 17.7 Å². The molecule has 1 aromatic rings. The van der Waals surface area contributed by atoms with E-state index in [0.29, 0.717) is 28.8 Å². The van der Waals surface area contributed by atoms with E-state index in [-0.39, 0.29) is 18.3 Å². The van der Waals surface area contributed by atoms with Crippen molar-refractivity contribution in [3.8, 4) is 0 Å². The Morgan fingerprint density at radius 2 is 1.25 bits per heavy atom. The highest BCUT2D eigenvalue weighted by Crippen LogP contribution is 2.49. The molecule has 0 amide bonds. The minimum atomic E-state index is -2.57. The molecular weight excluding hydrogens is 432 g/mol. The third-order valence-electron chi connectivity index (χ3n) is 7.78. The van der Waals surface area contributed by atoms with Crippen LogP contribution in [0, 0.1) is 20.8 Å². The molecule has 0 N–H and O–H groups in total. The van der Waals surface area contributed by atoms with E-state index in [1.54, 1.807) is 0 Å². The first-order chi connectivity index (χ1) is 14.8. The summed E-state index contributed by atoms with van der Waals surface area (Å²) in [5.41, 5.74) is 6.64. The van der Waals surface area contributed by atoms with Crippen LogP contribution in [0.15, 0.2) is 12.1 Å². The normalized spacial score (nSPS) is 27.8. The second kappa shape index (κ2) is 9.63. The van der Waals surface area contributed by atoms with E-state index in [1.807, 2.05) is 0 Å². The molecule has 0 spiro atoms. The fourth-order valence-electron chi connectivity index (χ4n) is 5.68. The fraction of sp³-hybridized carbons (Fsp3) is 0.769. The van der Waals surface area contributed by atoms with Crippen molar-refractivity contribution >= 4 is 17.1 Å². The van der Waals surface area contributed by atoms with Crippen molar-refractivity contribution in [3.05, 3.63) is 34.4 Å². The largest absolute Gasteiger partial charge is 0.414 e. The minimum absolute atomic E-state index is 0.0174. The summed E-state index contributed by atoms with van der Waals surface area (Å²) in [6, 6.07) is 4.59. The molecular formula is C26H46O4Si2. The van der Waals surface area contributed by atoms with Crippen LogP contribution in [0.25, 0.3) is 0 Å².